The van der Waals surface area contributed by atoms with Gasteiger partial charge in [0, 0.05) is 25.7 Å². The molecule has 2 N–H and O–H groups in total. The van der Waals surface area contributed by atoms with Gasteiger partial charge >= 0.3 is 0 Å². The molecule has 2 rings (SSSR count). The molecule has 1 unspecified atom stereocenters. The molecule has 15 heavy (non-hydrogen) atoms. The number of likely N-dealkylation sites (tertiary alicyclic amines) is 2. The number of carbonyl (C=O) groups is 1. The maximum Gasteiger partial charge on any atom is 0.236 e. The third-order valence-electron chi connectivity index (χ3n) is 3.36. The number of amides is 1. The van der Waals surface area contributed by atoms with Crippen molar-refractivity contribution in [2.24, 2.45) is 5.73 Å². The Kier molecular flexibility index (Phi) is 3.59. The normalized spacial score (nSPS) is 28.3. The summed E-state index contributed by atoms with van der Waals surface area (Å²) in [7, 11) is 0. The van der Waals surface area contributed by atoms with Crippen LogP contribution >= 0.6 is 0 Å². The van der Waals surface area contributed by atoms with Gasteiger partial charge < -0.3 is 10.6 Å². The summed E-state index contributed by atoms with van der Waals surface area (Å²) in [5, 5.41) is 0. The summed E-state index contributed by atoms with van der Waals surface area (Å²) >= 11 is 0. The van der Waals surface area contributed by atoms with Gasteiger partial charge in [-0.2, -0.15) is 0 Å². The first kappa shape index (κ1) is 10.9. The molecule has 2 fully saturated rings. The predicted octanol–water partition coefficient (Wildman–Crippen LogP) is 0.0319. The maximum absolute atomic E-state index is 11.9. The van der Waals surface area contributed by atoms with Crippen LogP contribution < -0.4 is 5.73 Å². The van der Waals surface area contributed by atoms with Crippen molar-refractivity contribution < 1.29 is 4.79 Å². The number of hydrogen-bond acceptors (Lipinski definition) is 3. The van der Waals surface area contributed by atoms with E-state index in [1.54, 1.807) is 0 Å². The van der Waals surface area contributed by atoms with Crippen LogP contribution in [-0.4, -0.2) is 54.5 Å². The first-order chi connectivity index (χ1) is 7.25. The molecule has 1 amide bonds. The van der Waals surface area contributed by atoms with Gasteiger partial charge in [-0.3, -0.25) is 9.69 Å². The monoisotopic (exact) mass is 211 g/mol. The molecule has 4 nitrogen and oxygen atoms in total. The van der Waals surface area contributed by atoms with Crippen molar-refractivity contribution in [3.63, 3.8) is 0 Å². The Morgan fingerprint density at radius 1 is 1.20 bits per heavy atom. The minimum Gasteiger partial charge on any atom is -0.342 e. The van der Waals surface area contributed by atoms with E-state index in [1.807, 2.05) is 4.90 Å². The zero-order valence-electron chi connectivity index (χ0n) is 9.32. The average Bonchev–Trinajstić information content (AvgIpc) is 2.70. The molecular formula is C11H21N3O. The predicted molar refractivity (Wildman–Crippen MR) is 59.5 cm³/mol. The largest absolute Gasteiger partial charge is 0.342 e. The second kappa shape index (κ2) is 4.94. The van der Waals surface area contributed by atoms with Crippen molar-refractivity contribution in [3.8, 4) is 0 Å². The van der Waals surface area contributed by atoms with Gasteiger partial charge in [-0.1, -0.05) is 0 Å². The fraction of sp³-hybridized carbons (Fsp3) is 0.909. The molecule has 0 spiro atoms. The molecule has 0 aromatic rings. The summed E-state index contributed by atoms with van der Waals surface area (Å²) in [6, 6.07) is 0.269. The van der Waals surface area contributed by atoms with E-state index in [1.165, 1.54) is 12.8 Å². The van der Waals surface area contributed by atoms with Crippen molar-refractivity contribution >= 4 is 5.91 Å². The second-order valence-electron chi connectivity index (χ2n) is 4.73. The van der Waals surface area contributed by atoms with E-state index in [0.29, 0.717) is 12.5 Å². The summed E-state index contributed by atoms with van der Waals surface area (Å²) in [5.41, 5.74) is 5.89. The lowest BCUT2D eigenvalue weighted by molar-refractivity contribution is -0.131. The lowest BCUT2D eigenvalue weighted by Crippen LogP contribution is -2.47. The molecule has 0 radical (unpaired) electrons. The fourth-order valence-corrected chi connectivity index (χ4v) is 2.49. The average molecular weight is 211 g/mol. The van der Waals surface area contributed by atoms with Crippen molar-refractivity contribution in [2.75, 3.05) is 32.7 Å². The molecule has 2 aliphatic heterocycles. The SMILES string of the molecule is NC1CCCN(CC(=O)N2CCCC2)C1. The molecular weight excluding hydrogens is 190 g/mol. The Labute approximate surface area is 91.4 Å². The third-order valence-corrected chi connectivity index (χ3v) is 3.36. The molecule has 2 saturated heterocycles. The van der Waals surface area contributed by atoms with Crippen LogP contribution in [0.15, 0.2) is 0 Å². The number of nitrogens with two attached hydrogens (primary N) is 1. The van der Waals surface area contributed by atoms with Crippen LogP contribution in [0.3, 0.4) is 0 Å². The van der Waals surface area contributed by atoms with Crippen LogP contribution in [0.1, 0.15) is 25.7 Å². The molecule has 0 aromatic carbocycles. The smallest absolute Gasteiger partial charge is 0.236 e. The first-order valence-electron chi connectivity index (χ1n) is 6.01. The number of rotatable bonds is 2. The lowest BCUT2D eigenvalue weighted by Gasteiger charge is -2.31. The van der Waals surface area contributed by atoms with Crippen molar-refractivity contribution in [1.29, 1.82) is 0 Å². The van der Waals surface area contributed by atoms with Crippen LogP contribution in [0.4, 0.5) is 0 Å². The Morgan fingerprint density at radius 3 is 2.60 bits per heavy atom. The highest BCUT2D eigenvalue weighted by molar-refractivity contribution is 5.78. The van der Waals surface area contributed by atoms with Gasteiger partial charge in [0.05, 0.1) is 6.54 Å². The second-order valence-corrected chi connectivity index (χ2v) is 4.73. The minimum absolute atomic E-state index is 0.269. The molecule has 0 bridgehead atoms. The van der Waals surface area contributed by atoms with Crippen molar-refractivity contribution in [3.05, 3.63) is 0 Å². The third kappa shape index (κ3) is 2.92. The Hall–Kier alpha value is -0.610. The van der Waals surface area contributed by atoms with Gasteiger partial charge in [0.25, 0.3) is 0 Å². The highest BCUT2D eigenvalue weighted by Gasteiger charge is 2.23. The van der Waals surface area contributed by atoms with Crippen LogP contribution in [0.5, 0.6) is 0 Å². The topological polar surface area (TPSA) is 49.6 Å². The van der Waals surface area contributed by atoms with Gasteiger partial charge in [0.2, 0.25) is 5.91 Å². The van der Waals surface area contributed by atoms with E-state index in [4.69, 9.17) is 5.73 Å². The van der Waals surface area contributed by atoms with E-state index < -0.39 is 0 Å². The zero-order valence-corrected chi connectivity index (χ0v) is 9.32. The van der Waals surface area contributed by atoms with Gasteiger partial charge in [-0.25, -0.2) is 0 Å². The summed E-state index contributed by atoms with van der Waals surface area (Å²) in [5.74, 6) is 0.293. The molecule has 0 saturated carbocycles. The highest BCUT2D eigenvalue weighted by Crippen LogP contribution is 2.11. The Balaban J connectivity index is 1.77. The van der Waals surface area contributed by atoms with E-state index >= 15 is 0 Å². The molecule has 4 heteroatoms. The minimum atomic E-state index is 0.269. The number of piperidine rings is 1. The molecule has 0 aromatic heterocycles. The quantitative estimate of drug-likeness (QED) is 0.701. The molecule has 0 aliphatic carbocycles. The zero-order chi connectivity index (χ0) is 10.7. The Bertz CT molecular complexity index is 226. The van der Waals surface area contributed by atoms with Gasteiger partial charge in [0.15, 0.2) is 0 Å². The van der Waals surface area contributed by atoms with Crippen LogP contribution in [0.2, 0.25) is 0 Å². The maximum atomic E-state index is 11.9. The number of hydrogen-bond donors (Lipinski definition) is 1. The van der Waals surface area contributed by atoms with Crippen LogP contribution in [0.25, 0.3) is 0 Å². The molecule has 2 aliphatic rings. The van der Waals surface area contributed by atoms with E-state index in [-0.39, 0.29) is 6.04 Å². The van der Waals surface area contributed by atoms with Gasteiger partial charge in [-0.05, 0) is 32.2 Å². The molecule has 86 valence electrons. The summed E-state index contributed by atoms with van der Waals surface area (Å²) in [6.07, 6.45) is 4.58. The van der Waals surface area contributed by atoms with E-state index in [0.717, 1.165) is 39.0 Å². The Morgan fingerprint density at radius 2 is 1.93 bits per heavy atom. The first-order valence-corrected chi connectivity index (χ1v) is 6.01. The summed E-state index contributed by atoms with van der Waals surface area (Å²) in [4.78, 5) is 16.1. The number of nitrogens with zero attached hydrogens (tertiary/aromatic N) is 2. The highest BCUT2D eigenvalue weighted by atomic mass is 16.2. The molecule has 1 atom stereocenters. The summed E-state index contributed by atoms with van der Waals surface area (Å²) in [6.45, 7) is 4.41. The molecule has 2 heterocycles. The van der Waals surface area contributed by atoms with Gasteiger partial charge in [-0.15, -0.1) is 0 Å². The van der Waals surface area contributed by atoms with Gasteiger partial charge in [0.1, 0.15) is 0 Å². The summed E-state index contributed by atoms with van der Waals surface area (Å²) < 4.78 is 0. The number of carbonyl (C=O) groups excluding carboxylic acids is 1. The van der Waals surface area contributed by atoms with Crippen LogP contribution in [0, 0.1) is 0 Å². The van der Waals surface area contributed by atoms with Crippen molar-refractivity contribution in [1.82, 2.24) is 9.80 Å². The lowest BCUT2D eigenvalue weighted by atomic mass is 10.1. The van der Waals surface area contributed by atoms with Crippen molar-refractivity contribution in [2.45, 2.75) is 31.7 Å². The fourth-order valence-electron chi connectivity index (χ4n) is 2.49. The van der Waals surface area contributed by atoms with E-state index in [9.17, 15) is 4.79 Å². The van der Waals surface area contributed by atoms with E-state index in [2.05, 4.69) is 4.90 Å². The van der Waals surface area contributed by atoms with Crippen LogP contribution in [-0.2, 0) is 4.79 Å². The standard InChI is InChI=1S/C11H21N3O/c12-10-4-3-5-13(8-10)9-11(15)14-6-1-2-7-14/h10H,1-9,12H2.